The Balaban J connectivity index is 1.83. The highest BCUT2D eigenvalue weighted by Gasteiger charge is 2.33. The minimum Gasteiger partial charge on any atom is -0.399 e. The van der Waals surface area contributed by atoms with Crippen LogP contribution < -0.4 is 5.73 Å². The molecule has 2 aromatic carbocycles. The van der Waals surface area contributed by atoms with Gasteiger partial charge in [-0.1, -0.05) is 34.1 Å². The van der Waals surface area contributed by atoms with E-state index in [2.05, 4.69) is 22.0 Å². The van der Waals surface area contributed by atoms with Crippen LogP contribution in [0.5, 0.6) is 0 Å². The standard InChI is InChI=1S/C17H17BrN2O/c18-16-4-2-1-3-13(16)11-20(15-9-10-15)17(21)12-5-7-14(19)8-6-12/h1-8,15H,9-11,19H2. The van der Waals surface area contributed by atoms with Gasteiger partial charge in [-0.3, -0.25) is 4.79 Å². The van der Waals surface area contributed by atoms with Gasteiger partial charge in [0.15, 0.2) is 0 Å². The van der Waals surface area contributed by atoms with Crippen LogP contribution in [0.2, 0.25) is 0 Å². The molecule has 0 saturated heterocycles. The first-order valence-corrected chi connectivity index (χ1v) is 7.84. The monoisotopic (exact) mass is 344 g/mol. The Hall–Kier alpha value is -1.81. The van der Waals surface area contributed by atoms with Crippen molar-refractivity contribution in [2.45, 2.75) is 25.4 Å². The van der Waals surface area contributed by atoms with Crippen LogP contribution in [0.15, 0.2) is 53.0 Å². The van der Waals surface area contributed by atoms with E-state index in [4.69, 9.17) is 5.73 Å². The molecule has 1 amide bonds. The molecule has 0 spiro atoms. The summed E-state index contributed by atoms with van der Waals surface area (Å²) in [4.78, 5) is 14.7. The number of nitrogens with zero attached hydrogens (tertiary/aromatic N) is 1. The molecule has 0 bridgehead atoms. The van der Waals surface area contributed by atoms with E-state index in [1.54, 1.807) is 24.3 Å². The van der Waals surface area contributed by atoms with Crippen LogP contribution in [0.25, 0.3) is 0 Å². The van der Waals surface area contributed by atoms with Crippen molar-refractivity contribution in [3.63, 3.8) is 0 Å². The van der Waals surface area contributed by atoms with Gasteiger partial charge in [0.05, 0.1) is 0 Å². The molecule has 3 rings (SSSR count). The molecule has 2 N–H and O–H groups in total. The van der Waals surface area contributed by atoms with Crippen LogP contribution in [0.3, 0.4) is 0 Å². The zero-order chi connectivity index (χ0) is 14.8. The zero-order valence-corrected chi connectivity index (χ0v) is 13.2. The molecule has 0 atom stereocenters. The summed E-state index contributed by atoms with van der Waals surface area (Å²) in [6.45, 7) is 0.634. The molecule has 4 heteroatoms. The SMILES string of the molecule is Nc1ccc(C(=O)N(Cc2ccccc2Br)C2CC2)cc1. The smallest absolute Gasteiger partial charge is 0.254 e. The maximum absolute atomic E-state index is 12.7. The number of hydrogen-bond donors (Lipinski definition) is 1. The first-order chi connectivity index (χ1) is 10.1. The van der Waals surface area contributed by atoms with Crippen molar-refractivity contribution in [2.75, 3.05) is 5.73 Å². The fourth-order valence-corrected chi connectivity index (χ4v) is 2.76. The van der Waals surface area contributed by atoms with Crippen LogP contribution in [0.4, 0.5) is 5.69 Å². The summed E-state index contributed by atoms with van der Waals surface area (Å²) in [5.41, 5.74) is 8.19. The van der Waals surface area contributed by atoms with E-state index in [1.165, 1.54) is 0 Å². The second kappa shape index (κ2) is 5.90. The molecular weight excluding hydrogens is 328 g/mol. The summed E-state index contributed by atoms with van der Waals surface area (Å²) in [5.74, 6) is 0.0771. The van der Waals surface area contributed by atoms with Crippen LogP contribution in [-0.2, 0) is 6.54 Å². The van der Waals surface area contributed by atoms with Gasteiger partial charge in [-0.25, -0.2) is 0 Å². The molecule has 108 valence electrons. The molecule has 1 aliphatic rings. The number of nitrogen functional groups attached to an aromatic ring is 1. The Labute approximate surface area is 132 Å². The average molecular weight is 345 g/mol. The summed E-state index contributed by atoms with van der Waals surface area (Å²) >= 11 is 3.55. The molecule has 0 aromatic heterocycles. The highest BCUT2D eigenvalue weighted by molar-refractivity contribution is 9.10. The van der Waals surface area contributed by atoms with Crippen molar-refractivity contribution < 1.29 is 4.79 Å². The van der Waals surface area contributed by atoms with E-state index >= 15 is 0 Å². The molecule has 3 nitrogen and oxygen atoms in total. The van der Waals surface area contributed by atoms with Gasteiger partial charge in [-0.2, -0.15) is 0 Å². The highest BCUT2D eigenvalue weighted by Crippen LogP contribution is 2.31. The minimum absolute atomic E-state index is 0.0771. The van der Waals surface area contributed by atoms with Gasteiger partial charge in [0, 0.05) is 28.3 Å². The Kier molecular flexibility index (Phi) is 3.97. The minimum atomic E-state index is 0.0771. The number of carbonyl (C=O) groups is 1. The van der Waals surface area contributed by atoms with Gasteiger partial charge in [0.2, 0.25) is 0 Å². The lowest BCUT2D eigenvalue weighted by Crippen LogP contribution is -2.32. The molecule has 1 fully saturated rings. The summed E-state index contributed by atoms with van der Waals surface area (Å²) in [6.07, 6.45) is 2.18. The third-order valence-electron chi connectivity index (χ3n) is 3.70. The van der Waals surface area contributed by atoms with Crippen LogP contribution >= 0.6 is 15.9 Å². The molecule has 1 aliphatic carbocycles. The number of amides is 1. The van der Waals surface area contributed by atoms with Crippen molar-refractivity contribution in [2.24, 2.45) is 0 Å². The van der Waals surface area contributed by atoms with Crippen LogP contribution in [-0.4, -0.2) is 16.8 Å². The molecule has 0 unspecified atom stereocenters. The number of nitrogens with two attached hydrogens (primary N) is 1. The largest absolute Gasteiger partial charge is 0.399 e. The topological polar surface area (TPSA) is 46.3 Å². The second-order valence-electron chi connectivity index (χ2n) is 5.38. The maximum atomic E-state index is 12.7. The Morgan fingerprint density at radius 1 is 1.14 bits per heavy atom. The van der Waals surface area contributed by atoms with Crippen molar-refractivity contribution in [3.05, 3.63) is 64.1 Å². The van der Waals surface area contributed by atoms with E-state index in [0.29, 0.717) is 23.8 Å². The van der Waals surface area contributed by atoms with Gasteiger partial charge >= 0.3 is 0 Å². The summed E-state index contributed by atoms with van der Waals surface area (Å²) in [5, 5.41) is 0. The lowest BCUT2D eigenvalue weighted by Gasteiger charge is -2.23. The first kappa shape index (κ1) is 14.1. The van der Waals surface area contributed by atoms with E-state index < -0.39 is 0 Å². The third kappa shape index (κ3) is 3.27. The van der Waals surface area contributed by atoms with Crippen molar-refractivity contribution in [1.29, 1.82) is 0 Å². The fourth-order valence-electron chi connectivity index (χ4n) is 2.35. The molecule has 21 heavy (non-hydrogen) atoms. The number of halogens is 1. The number of hydrogen-bond acceptors (Lipinski definition) is 2. The molecule has 2 aromatic rings. The van der Waals surface area contributed by atoms with E-state index in [0.717, 1.165) is 22.9 Å². The second-order valence-corrected chi connectivity index (χ2v) is 6.23. The van der Waals surface area contributed by atoms with Gasteiger partial charge < -0.3 is 10.6 Å². The fraction of sp³-hybridized carbons (Fsp3) is 0.235. The van der Waals surface area contributed by atoms with Crippen molar-refractivity contribution >= 4 is 27.5 Å². The lowest BCUT2D eigenvalue weighted by atomic mass is 10.1. The van der Waals surface area contributed by atoms with Crippen molar-refractivity contribution in [3.8, 4) is 0 Å². The van der Waals surface area contributed by atoms with E-state index in [1.807, 2.05) is 23.1 Å². The predicted octanol–water partition coefficient (Wildman–Crippen LogP) is 3.84. The molecule has 0 radical (unpaired) electrons. The molecule has 0 aliphatic heterocycles. The number of benzene rings is 2. The number of rotatable bonds is 4. The Morgan fingerprint density at radius 2 is 1.81 bits per heavy atom. The summed E-state index contributed by atoms with van der Waals surface area (Å²) < 4.78 is 1.04. The van der Waals surface area contributed by atoms with Gasteiger partial charge in [-0.05, 0) is 48.7 Å². The average Bonchev–Trinajstić information content (AvgIpc) is 3.31. The summed E-state index contributed by atoms with van der Waals surface area (Å²) in [6, 6.07) is 15.6. The molecule has 1 saturated carbocycles. The number of anilines is 1. The van der Waals surface area contributed by atoms with Gasteiger partial charge in [-0.15, -0.1) is 0 Å². The van der Waals surface area contributed by atoms with Crippen LogP contribution in [0.1, 0.15) is 28.8 Å². The Bertz CT molecular complexity index is 650. The first-order valence-electron chi connectivity index (χ1n) is 7.05. The van der Waals surface area contributed by atoms with Gasteiger partial charge in [0.1, 0.15) is 0 Å². The quantitative estimate of drug-likeness (QED) is 0.856. The molecule has 0 heterocycles. The maximum Gasteiger partial charge on any atom is 0.254 e. The predicted molar refractivity (Wildman–Crippen MR) is 87.9 cm³/mol. The zero-order valence-electron chi connectivity index (χ0n) is 11.6. The summed E-state index contributed by atoms with van der Waals surface area (Å²) in [7, 11) is 0. The lowest BCUT2D eigenvalue weighted by molar-refractivity contribution is 0.0729. The number of carbonyl (C=O) groups excluding carboxylic acids is 1. The van der Waals surface area contributed by atoms with E-state index in [-0.39, 0.29) is 5.91 Å². The normalized spacial score (nSPS) is 14.0. The third-order valence-corrected chi connectivity index (χ3v) is 4.48. The van der Waals surface area contributed by atoms with Crippen molar-refractivity contribution in [1.82, 2.24) is 4.90 Å². The highest BCUT2D eigenvalue weighted by atomic mass is 79.9. The van der Waals surface area contributed by atoms with Gasteiger partial charge in [0.25, 0.3) is 5.91 Å². The van der Waals surface area contributed by atoms with Crippen LogP contribution in [0, 0.1) is 0 Å². The van der Waals surface area contributed by atoms with E-state index in [9.17, 15) is 4.79 Å². The Morgan fingerprint density at radius 3 is 2.43 bits per heavy atom. The molecular formula is C17H17BrN2O.